The van der Waals surface area contributed by atoms with Crippen molar-refractivity contribution in [3.05, 3.63) is 0 Å². The van der Waals surface area contributed by atoms with Crippen LogP contribution in [-0.2, 0) is 4.79 Å². The summed E-state index contributed by atoms with van der Waals surface area (Å²) in [5.74, 6) is -0.572. The van der Waals surface area contributed by atoms with Gasteiger partial charge >= 0.3 is 13.5 Å². The second-order valence-electron chi connectivity index (χ2n) is 1.10. The van der Waals surface area contributed by atoms with Crippen LogP contribution >= 0.6 is 19.5 Å². The third-order valence-electron chi connectivity index (χ3n) is 0.449. The maximum atomic E-state index is 10.0. The number of hydrogen-bond donors (Lipinski definition) is 3. The van der Waals surface area contributed by atoms with Crippen molar-refractivity contribution < 1.29 is 19.5 Å². The Bertz CT molecular complexity index is 96.7. The third kappa shape index (κ3) is 2.55. The molecule has 0 atom stereocenters. The summed E-state index contributed by atoms with van der Waals surface area (Å²) in [6, 6.07) is 0. The molecule has 0 bridgehead atoms. The number of carbonyl (C=O) groups is 1. The Morgan fingerprint density at radius 2 is 1.88 bits per heavy atom. The maximum Gasteiger partial charge on any atom is 0.479 e. The van der Waals surface area contributed by atoms with Crippen LogP contribution in [0.4, 0.5) is 0 Å². The molecule has 0 aromatic carbocycles. The van der Waals surface area contributed by atoms with Gasteiger partial charge in [-0.3, -0.25) is 0 Å². The third-order valence-corrected chi connectivity index (χ3v) is 1.71. The Balaban J connectivity index is 3.82. The molecule has 0 fully saturated rings. The van der Waals surface area contributed by atoms with Gasteiger partial charge in [-0.05, 0) is 0 Å². The molecule has 6 heteroatoms. The summed E-state index contributed by atoms with van der Waals surface area (Å²) >= 11 is 4.83. The molecule has 0 unspecified atom stereocenters. The number of halogens is 1. The van der Waals surface area contributed by atoms with Crippen LogP contribution in [0, 0.1) is 0 Å². The van der Waals surface area contributed by atoms with E-state index in [1.165, 1.54) is 0 Å². The molecule has 0 aliphatic carbocycles. The molecule has 0 heterocycles. The average Bonchev–Trinajstić information content (AvgIpc) is 1.62. The highest BCUT2D eigenvalue weighted by Crippen LogP contribution is 2.45. The molecule has 0 rings (SSSR count). The zero-order chi connectivity index (χ0) is 6.78. The van der Waals surface area contributed by atoms with E-state index in [1.807, 2.05) is 0 Å². The number of hydrogen-bond acceptors (Lipinski definition) is 4. The fourth-order valence-corrected chi connectivity index (χ4v) is 0.722. The first-order valence-corrected chi connectivity index (χ1v) is 3.83. The Hall–Kier alpha value is 0.270. The Morgan fingerprint density at radius 1 is 1.50 bits per heavy atom. The van der Waals surface area contributed by atoms with Gasteiger partial charge in [-0.15, -0.1) is 11.6 Å². The molecule has 0 aliphatic heterocycles. The molecule has 0 spiro atoms. The summed E-state index contributed by atoms with van der Waals surface area (Å²) < 4.78 is 0. The van der Waals surface area contributed by atoms with E-state index >= 15 is 0 Å². The number of rotatable bonds is 2. The standard InChI is InChI=1S/C2H5ClO4P/c3-1-2(4)8(5,6)7/h5-7H,1H2/q+1. The van der Waals surface area contributed by atoms with Gasteiger partial charge in [0.05, 0.1) is 0 Å². The molecular weight excluding hydrogens is 154 g/mol. The van der Waals surface area contributed by atoms with Gasteiger partial charge in [0.1, 0.15) is 5.88 Å². The zero-order valence-corrected chi connectivity index (χ0v) is 5.43. The summed E-state index contributed by atoms with van der Waals surface area (Å²) in [5, 5.41) is 0. The average molecular weight is 159 g/mol. The lowest BCUT2D eigenvalue weighted by atomic mass is 10.9. The lowest BCUT2D eigenvalue weighted by Gasteiger charge is -1.95. The highest BCUT2D eigenvalue weighted by atomic mass is 35.5. The minimum Gasteiger partial charge on any atom is -0.242 e. The van der Waals surface area contributed by atoms with Crippen LogP contribution in [0.15, 0.2) is 0 Å². The molecule has 0 aromatic rings. The Labute approximate surface area is 51.3 Å². The van der Waals surface area contributed by atoms with Crippen molar-refractivity contribution >= 4 is 25.1 Å². The van der Waals surface area contributed by atoms with Crippen molar-refractivity contribution in [1.29, 1.82) is 0 Å². The summed E-state index contributed by atoms with van der Waals surface area (Å²) in [6.45, 7) is 0. The summed E-state index contributed by atoms with van der Waals surface area (Å²) in [6.07, 6.45) is 0. The SMILES string of the molecule is O=C(CCl)[P+](O)(O)O. The highest BCUT2D eigenvalue weighted by Gasteiger charge is 2.41. The van der Waals surface area contributed by atoms with Crippen molar-refractivity contribution in [2.45, 2.75) is 0 Å². The molecule has 48 valence electrons. The molecule has 0 amide bonds. The lowest BCUT2D eigenvalue weighted by Crippen LogP contribution is -2.05. The van der Waals surface area contributed by atoms with Gasteiger partial charge in [0, 0.05) is 0 Å². The van der Waals surface area contributed by atoms with Crippen LogP contribution in [0.2, 0.25) is 0 Å². The summed E-state index contributed by atoms with van der Waals surface area (Å²) in [7, 11) is -4.28. The molecule has 4 nitrogen and oxygen atoms in total. The fraction of sp³-hybridized carbons (Fsp3) is 0.500. The van der Waals surface area contributed by atoms with Crippen LogP contribution in [-0.4, -0.2) is 26.1 Å². The fourth-order valence-electron chi connectivity index (χ4n) is 0.0802. The van der Waals surface area contributed by atoms with Crippen molar-refractivity contribution in [2.24, 2.45) is 0 Å². The van der Waals surface area contributed by atoms with E-state index < -0.39 is 19.3 Å². The van der Waals surface area contributed by atoms with Gasteiger partial charge in [-0.1, -0.05) is 0 Å². The normalized spacial score (nSPS) is 11.5. The van der Waals surface area contributed by atoms with E-state index in [-0.39, 0.29) is 0 Å². The predicted octanol–water partition coefficient (Wildman–Crippen LogP) is -0.509. The largest absolute Gasteiger partial charge is 0.479 e. The second-order valence-corrected chi connectivity index (χ2v) is 3.00. The molecule has 0 aliphatic rings. The van der Waals surface area contributed by atoms with Crippen molar-refractivity contribution in [2.75, 3.05) is 5.88 Å². The van der Waals surface area contributed by atoms with E-state index in [0.717, 1.165) is 0 Å². The summed E-state index contributed by atoms with van der Waals surface area (Å²) in [4.78, 5) is 34.2. The van der Waals surface area contributed by atoms with E-state index in [1.54, 1.807) is 0 Å². The molecule has 3 N–H and O–H groups in total. The Morgan fingerprint density at radius 3 is 1.88 bits per heavy atom. The van der Waals surface area contributed by atoms with Crippen LogP contribution in [0.1, 0.15) is 0 Å². The van der Waals surface area contributed by atoms with Gasteiger partial charge < -0.3 is 0 Å². The molecule has 0 aromatic heterocycles. The second kappa shape index (κ2) is 2.71. The molecule has 0 saturated heterocycles. The van der Waals surface area contributed by atoms with Crippen molar-refractivity contribution in [1.82, 2.24) is 0 Å². The molecule has 0 saturated carbocycles. The quantitative estimate of drug-likeness (QED) is 0.375. The van der Waals surface area contributed by atoms with Crippen molar-refractivity contribution in [3.8, 4) is 0 Å². The van der Waals surface area contributed by atoms with Crippen LogP contribution in [0.5, 0.6) is 0 Å². The van der Waals surface area contributed by atoms with E-state index in [4.69, 9.17) is 26.3 Å². The van der Waals surface area contributed by atoms with Gasteiger partial charge in [0.25, 0.3) is 0 Å². The number of alkyl halides is 1. The van der Waals surface area contributed by atoms with Crippen molar-refractivity contribution in [3.63, 3.8) is 0 Å². The first-order chi connectivity index (χ1) is 3.48. The number of carbonyl (C=O) groups excluding carboxylic acids is 1. The first-order valence-electron chi connectivity index (χ1n) is 1.65. The first kappa shape index (κ1) is 8.27. The molecule has 8 heavy (non-hydrogen) atoms. The monoisotopic (exact) mass is 159 g/mol. The van der Waals surface area contributed by atoms with Gasteiger partial charge in [0.2, 0.25) is 0 Å². The molecular formula is C2H5ClO4P+. The van der Waals surface area contributed by atoms with Gasteiger partial charge in [-0.25, -0.2) is 4.79 Å². The lowest BCUT2D eigenvalue weighted by molar-refractivity contribution is -0.111. The van der Waals surface area contributed by atoms with E-state index in [9.17, 15) is 4.79 Å². The highest BCUT2D eigenvalue weighted by molar-refractivity contribution is 7.76. The minimum absolute atomic E-state index is 0.572. The zero-order valence-electron chi connectivity index (χ0n) is 3.78. The minimum atomic E-state index is -4.28. The van der Waals surface area contributed by atoms with Crippen LogP contribution in [0.25, 0.3) is 0 Å². The van der Waals surface area contributed by atoms with Gasteiger partial charge in [0.15, 0.2) is 0 Å². The maximum absolute atomic E-state index is 10.0. The van der Waals surface area contributed by atoms with Crippen LogP contribution < -0.4 is 0 Å². The predicted molar refractivity (Wildman–Crippen MR) is 29.3 cm³/mol. The smallest absolute Gasteiger partial charge is 0.242 e. The van der Waals surface area contributed by atoms with E-state index in [2.05, 4.69) is 0 Å². The van der Waals surface area contributed by atoms with Gasteiger partial charge in [-0.2, -0.15) is 14.7 Å². The van der Waals surface area contributed by atoms with Crippen LogP contribution in [0.3, 0.4) is 0 Å². The summed E-state index contributed by atoms with van der Waals surface area (Å²) in [5.41, 5.74) is -1.13. The topological polar surface area (TPSA) is 77.8 Å². The molecule has 0 radical (unpaired) electrons. The van der Waals surface area contributed by atoms with E-state index in [0.29, 0.717) is 0 Å². The Kier molecular flexibility index (Phi) is 2.80.